The number of imidazole rings is 1. The van der Waals surface area contributed by atoms with E-state index in [2.05, 4.69) is 25.1 Å². The fourth-order valence-electron chi connectivity index (χ4n) is 3.98. The maximum Gasteiger partial charge on any atom is 0.159 e. The zero-order valence-corrected chi connectivity index (χ0v) is 17.1. The highest BCUT2D eigenvalue weighted by Crippen LogP contribution is 2.32. The molecule has 0 radical (unpaired) electrons. The first-order valence-electron chi connectivity index (χ1n) is 10.2. The van der Waals surface area contributed by atoms with E-state index in [0.29, 0.717) is 11.5 Å². The summed E-state index contributed by atoms with van der Waals surface area (Å²) in [7, 11) is 0. The third-order valence-electron chi connectivity index (χ3n) is 5.49. The fourth-order valence-corrected chi connectivity index (χ4v) is 3.98. The first kappa shape index (κ1) is 18.4. The Morgan fingerprint density at radius 3 is 2.66 bits per heavy atom. The third kappa shape index (κ3) is 3.02. The monoisotopic (exact) mass is 420 g/mol. The average Bonchev–Trinajstić information content (AvgIpc) is 3.42. The Labute approximate surface area is 182 Å². The minimum absolute atomic E-state index is 0.278. The molecule has 2 aromatic carbocycles. The van der Waals surface area contributed by atoms with E-state index in [4.69, 9.17) is 4.98 Å². The second-order valence-electron chi connectivity index (χ2n) is 7.74. The second kappa shape index (κ2) is 7.09. The van der Waals surface area contributed by atoms with Crippen molar-refractivity contribution >= 4 is 21.9 Å². The normalized spacial score (nSPS) is 11.4. The molecule has 32 heavy (non-hydrogen) atoms. The summed E-state index contributed by atoms with van der Waals surface area (Å²) in [6.07, 6.45) is 5.38. The summed E-state index contributed by atoms with van der Waals surface area (Å²) >= 11 is 0. The number of nitrogens with one attached hydrogen (secondary N) is 2. The van der Waals surface area contributed by atoms with Gasteiger partial charge in [-0.3, -0.25) is 15.1 Å². The largest absolute Gasteiger partial charge is 0.337 e. The van der Waals surface area contributed by atoms with E-state index in [1.807, 2.05) is 49.5 Å². The minimum Gasteiger partial charge on any atom is -0.337 e. The Morgan fingerprint density at radius 1 is 0.875 bits per heavy atom. The summed E-state index contributed by atoms with van der Waals surface area (Å²) in [5.41, 5.74) is 7.60. The van der Waals surface area contributed by atoms with Gasteiger partial charge in [0.2, 0.25) is 0 Å². The SMILES string of the molecule is Cc1cncc(-c2cc3c(-c4nc5c(-c6cccc(F)c6)cccc5[nH]4)n[nH]c3cn2)c1. The quantitative estimate of drug-likeness (QED) is 0.386. The summed E-state index contributed by atoms with van der Waals surface area (Å²) in [6.45, 7) is 2.00. The summed E-state index contributed by atoms with van der Waals surface area (Å²) in [6, 6.07) is 16.4. The molecule has 4 heterocycles. The molecule has 0 saturated heterocycles. The molecule has 4 aromatic heterocycles. The first-order chi connectivity index (χ1) is 15.7. The number of hydrogen-bond donors (Lipinski definition) is 2. The van der Waals surface area contributed by atoms with E-state index in [0.717, 1.165) is 49.9 Å². The molecule has 0 aliphatic heterocycles. The molecule has 0 aliphatic rings. The Morgan fingerprint density at radius 2 is 1.78 bits per heavy atom. The number of benzene rings is 2. The molecule has 7 heteroatoms. The lowest BCUT2D eigenvalue weighted by molar-refractivity contribution is 0.628. The van der Waals surface area contributed by atoms with Gasteiger partial charge in [0.25, 0.3) is 0 Å². The summed E-state index contributed by atoms with van der Waals surface area (Å²) in [5.74, 6) is 0.355. The molecule has 6 aromatic rings. The van der Waals surface area contributed by atoms with E-state index >= 15 is 0 Å². The molecule has 0 amide bonds. The average molecular weight is 420 g/mol. The van der Waals surface area contributed by atoms with Gasteiger partial charge < -0.3 is 4.98 Å². The van der Waals surface area contributed by atoms with Crippen LogP contribution in [0.4, 0.5) is 4.39 Å². The van der Waals surface area contributed by atoms with Crippen molar-refractivity contribution in [1.29, 1.82) is 0 Å². The number of fused-ring (bicyclic) bond motifs is 2. The van der Waals surface area contributed by atoms with Gasteiger partial charge in [0.05, 0.1) is 28.4 Å². The van der Waals surface area contributed by atoms with Crippen LogP contribution in [-0.4, -0.2) is 30.1 Å². The highest BCUT2D eigenvalue weighted by molar-refractivity contribution is 5.97. The van der Waals surface area contributed by atoms with Crippen molar-refractivity contribution in [2.24, 2.45) is 0 Å². The maximum atomic E-state index is 13.8. The first-order valence-corrected chi connectivity index (χ1v) is 10.2. The van der Waals surface area contributed by atoms with Crippen LogP contribution in [0, 0.1) is 12.7 Å². The van der Waals surface area contributed by atoms with E-state index in [1.54, 1.807) is 18.5 Å². The van der Waals surface area contributed by atoms with Crippen LogP contribution < -0.4 is 0 Å². The van der Waals surface area contributed by atoms with Gasteiger partial charge in [-0.05, 0) is 48.4 Å². The number of aromatic nitrogens is 6. The van der Waals surface area contributed by atoms with E-state index in [9.17, 15) is 4.39 Å². The summed E-state index contributed by atoms with van der Waals surface area (Å²) in [4.78, 5) is 17.0. The molecule has 0 spiro atoms. The number of nitrogens with zero attached hydrogens (tertiary/aromatic N) is 4. The van der Waals surface area contributed by atoms with Crippen molar-refractivity contribution in [2.75, 3.05) is 0 Å². The number of para-hydroxylation sites is 1. The Balaban J connectivity index is 1.51. The molecule has 6 rings (SSSR count). The molecule has 0 aliphatic carbocycles. The van der Waals surface area contributed by atoms with Crippen molar-refractivity contribution in [3.63, 3.8) is 0 Å². The van der Waals surface area contributed by atoms with Crippen LogP contribution in [0.25, 0.3) is 55.8 Å². The smallest absolute Gasteiger partial charge is 0.159 e. The molecule has 0 saturated carbocycles. The lowest BCUT2D eigenvalue weighted by atomic mass is 10.0. The van der Waals surface area contributed by atoms with Crippen LogP contribution in [0.5, 0.6) is 0 Å². The van der Waals surface area contributed by atoms with Crippen LogP contribution in [0.1, 0.15) is 5.56 Å². The molecule has 0 atom stereocenters. The van der Waals surface area contributed by atoms with E-state index in [-0.39, 0.29) is 5.82 Å². The summed E-state index contributed by atoms with van der Waals surface area (Å²) in [5, 5.41) is 8.44. The number of H-pyrrole nitrogens is 2. The van der Waals surface area contributed by atoms with Gasteiger partial charge in [0.1, 0.15) is 11.5 Å². The minimum atomic E-state index is -0.278. The van der Waals surface area contributed by atoms with Crippen LogP contribution in [-0.2, 0) is 0 Å². The predicted octanol–water partition coefficient (Wildman–Crippen LogP) is 5.68. The van der Waals surface area contributed by atoms with Gasteiger partial charge in [0, 0.05) is 28.9 Å². The number of aryl methyl sites for hydroxylation is 1. The van der Waals surface area contributed by atoms with E-state index < -0.39 is 0 Å². The van der Waals surface area contributed by atoms with Crippen LogP contribution in [0.15, 0.2) is 73.2 Å². The Bertz CT molecular complexity index is 1610. The van der Waals surface area contributed by atoms with Crippen molar-refractivity contribution in [3.05, 3.63) is 84.6 Å². The molecule has 2 N–H and O–H groups in total. The van der Waals surface area contributed by atoms with Crippen molar-refractivity contribution < 1.29 is 4.39 Å². The molecular formula is C25H17FN6. The Hall–Kier alpha value is -4.39. The van der Waals surface area contributed by atoms with Crippen LogP contribution in [0.2, 0.25) is 0 Å². The van der Waals surface area contributed by atoms with Gasteiger partial charge in [-0.2, -0.15) is 5.10 Å². The topological polar surface area (TPSA) is 83.1 Å². The lowest BCUT2D eigenvalue weighted by Crippen LogP contribution is -1.87. The molecule has 0 fully saturated rings. The van der Waals surface area contributed by atoms with E-state index in [1.165, 1.54) is 12.1 Å². The third-order valence-corrected chi connectivity index (χ3v) is 5.49. The zero-order valence-electron chi connectivity index (χ0n) is 17.1. The predicted molar refractivity (Wildman–Crippen MR) is 122 cm³/mol. The zero-order chi connectivity index (χ0) is 21.7. The maximum absolute atomic E-state index is 13.8. The van der Waals surface area contributed by atoms with Gasteiger partial charge in [-0.15, -0.1) is 0 Å². The van der Waals surface area contributed by atoms with Crippen molar-refractivity contribution in [1.82, 2.24) is 30.1 Å². The Kier molecular flexibility index (Phi) is 4.07. The second-order valence-corrected chi connectivity index (χ2v) is 7.74. The fraction of sp³-hybridized carbons (Fsp3) is 0.0400. The van der Waals surface area contributed by atoms with Crippen molar-refractivity contribution in [2.45, 2.75) is 6.92 Å². The number of rotatable bonds is 3. The molecular weight excluding hydrogens is 403 g/mol. The molecule has 6 nitrogen and oxygen atoms in total. The number of halogens is 1. The van der Waals surface area contributed by atoms with Crippen molar-refractivity contribution in [3.8, 4) is 33.9 Å². The number of pyridine rings is 2. The highest BCUT2D eigenvalue weighted by atomic mass is 19.1. The number of aromatic amines is 2. The molecule has 154 valence electrons. The van der Waals surface area contributed by atoms with Crippen LogP contribution >= 0.6 is 0 Å². The summed E-state index contributed by atoms with van der Waals surface area (Å²) < 4.78 is 13.8. The standard InChI is InChI=1S/C25H17FN6/c1-14-8-16(12-27-11-14)21-10-19-22(13-28-21)31-32-24(19)25-29-20-7-3-6-18(23(20)30-25)15-4-2-5-17(26)9-15/h2-13H,1H3,(H,29,30)(H,31,32). The van der Waals surface area contributed by atoms with Crippen LogP contribution in [0.3, 0.4) is 0 Å². The van der Waals surface area contributed by atoms with Gasteiger partial charge >= 0.3 is 0 Å². The number of hydrogen-bond acceptors (Lipinski definition) is 4. The molecule has 0 bridgehead atoms. The van der Waals surface area contributed by atoms with Gasteiger partial charge in [0.15, 0.2) is 5.82 Å². The highest BCUT2D eigenvalue weighted by Gasteiger charge is 2.16. The molecule has 0 unspecified atom stereocenters. The van der Waals surface area contributed by atoms with Gasteiger partial charge in [-0.25, -0.2) is 9.37 Å². The lowest BCUT2D eigenvalue weighted by Gasteiger charge is -2.02. The van der Waals surface area contributed by atoms with Gasteiger partial charge in [-0.1, -0.05) is 24.3 Å².